The number of nitrogens with two attached hydrogens (primary N) is 1. The zero-order valence-electron chi connectivity index (χ0n) is 6.85. The number of amides is 2. The van der Waals surface area contributed by atoms with Crippen LogP contribution in [-0.2, 0) is 0 Å². The molecule has 0 atom stereocenters. The summed E-state index contributed by atoms with van der Waals surface area (Å²) in [7, 11) is 0. The number of carbonyl (C=O) groups is 1. The molecule has 0 heterocycles. The second kappa shape index (κ2) is 4.15. The third-order valence-corrected chi connectivity index (χ3v) is 0.833. The van der Waals surface area contributed by atoms with Crippen LogP contribution in [0.4, 0.5) is 4.79 Å². The van der Waals surface area contributed by atoms with E-state index in [0.29, 0.717) is 0 Å². The van der Waals surface area contributed by atoms with Gasteiger partial charge in [-0.3, -0.25) is 0 Å². The number of urea groups is 1. The minimum absolute atomic E-state index is 0.0710. The first-order valence-electron chi connectivity index (χ1n) is 3.41. The number of aliphatic hydroxyl groups excluding tert-OH is 1. The molecular formula is C6H15N3O2. The first kappa shape index (κ1) is 10.2. The molecule has 0 aromatic carbocycles. The standard InChI is InChI=1S/C6H15N3O2/c1-6(2,7)9-5(11)8-3-4-10/h10H,3-4,7H2,1-2H3,(H2,8,9,11). The summed E-state index contributed by atoms with van der Waals surface area (Å²) in [5, 5.41) is 13.2. The highest BCUT2D eigenvalue weighted by Crippen LogP contribution is 1.87. The predicted octanol–water partition coefficient (Wildman–Crippen LogP) is -1.03. The molecule has 0 radical (unpaired) electrons. The van der Waals surface area contributed by atoms with Crippen molar-refractivity contribution in [3.05, 3.63) is 0 Å². The van der Waals surface area contributed by atoms with Crippen LogP contribution in [0.1, 0.15) is 13.8 Å². The van der Waals surface area contributed by atoms with E-state index in [1.54, 1.807) is 13.8 Å². The molecule has 0 bridgehead atoms. The lowest BCUT2D eigenvalue weighted by Gasteiger charge is -2.20. The highest BCUT2D eigenvalue weighted by Gasteiger charge is 2.12. The molecule has 0 saturated heterocycles. The summed E-state index contributed by atoms with van der Waals surface area (Å²) in [5.74, 6) is 0. The zero-order valence-corrected chi connectivity index (χ0v) is 6.85. The molecule has 0 fully saturated rings. The monoisotopic (exact) mass is 161 g/mol. The van der Waals surface area contributed by atoms with Gasteiger partial charge in [-0.1, -0.05) is 0 Å². The third-order valence-electron chi connectivity index (χ3n) is 0.833. The molecule has 5 N–H and O–H groups in total. The molecule has 11 heavy (non-hydrogen) atoms. The topological polar surface area (TPSA) is 87.4 Å². The van der Waals surface area contributed by atoms with E-state index in [-0.39, 0.29) is 19.2 Å². The van der Waals surface area contributed by atoms with Crippen molar-refractivity contribution in [1.29, 1.82) is 0 Å². The largest absolute Gasteiger partial charge is 0.395 e. The van der Waals surface area contributed by atoms with Crippen LogP contribution in [-0.4, -0.2) is 30.0 Å². The van der Waals surface area contributed by atoms with Gasteiger partial charge in [0.15, 0.2) is 0 Å². The fourth-order valence-electron chi connectivity index (χ4n) is 0.506. The van der Waals surface area contributed by atoms with Crippen LogP contribution >= 0.6 is 0 Å². The average Bonchev–Trinajstić information content (AvgIpc) is 1.79. The van der Waals surface area contributed by atoms with Crippen molar-refractivity contribution in [3.63, 3.8) is 0 Å². The van der Waals surface area contributed by atoms with Gasteiger partial charge in [0.25, 0.3) is 0 Å². The lowest BCUT2D eigenvalue weighted by atomic mass is 10.3. The molecule has 0 aromatic heterocycles. The van der Waals surface area contributed by atoms with E-state index >= 15 is 0 Å². The van der Waals surface area contributed by atoms with Crippen LogP contribution in [0.15, 0.2) is 0 Å². The summed E-state index contributed by atoms with van der Waals surface area (Å²) in [5.41, 5.74) is 4.75. The van der Waals surface area contributed by atoms with Gasteiger partial charge in [0.05, 0.1) is 12.3 Å². The maximum absolute atomic E-state index is 10.8. The number of nitrogens with one attached hydrogen (secondary N) is 2. The van der Waals surface area contributed by atoms with Crippen molar-refractivity contribution in [1.82, 2.24) is 10.6 Å². The lowest BCUT2D eigenvalue weighted by Crippen LogP contribution is -2.54. The fraction of sp³-hybridized carbons (Fsp3) is 0.833. The Kier molecular flexibility index (Phi) is 3.84. The van der Waals surface area contributed by atoms with E-state index in [0.717, 1.165) is 0 Å². The Morgan fingerprint density at radius 1 is 1.64 bits per heavy atom. The van der Waals surface area contributed by atoms with E-state index in [9.17, 15) is 4.79 Å². The SMILES string of the molecule is CC(C)(N)NC(=O)NCCO. The van der Waals surface area contributed by atoms with Crippen molar-refractivity contribution >= 4 is 6.03 Å². The maximum atomic E-state index is 10.8. The van der Waals surface area contributed by atoms with Gasteiger partial charge in [-0.2, -0.15) is 0 Å². The van der Waals surface area contributed by atoms with Crippen molar-refractivity contribution in [3.8, 4) is 0 Å². The highest BCUT2D eigenvalue weighted by molar-refractivity contribution is 5.74. The molecule has 0 saturated carbocycles. The normalized spacial score (nSPS) is 10.9. The number of rotatable bonds is 3. The molecule has 0 aliphatic rings. The van der Waals surface area contributed by atoms with Crippen LogP contribution in [0.3, 0.4) is 0 Å². The second-order valence-electron chi connectivity index (χ2n) is 2.83. The van der Waals surface area contributed by atoms with Crippen molar-refractivity contribution in [2.45, 2.75) is 19.5 Å². The summed E-state index contributed by atoms with van der Waals surface area (Å²) in [4.78, 5) is 10.8. The smallest absolute Gasteiger partial charge is 0.316 e. The average molecular weight is 161 g/mol. The Hall–Kier alpha value is -0.810. The number of hydrogen-bond acceptors (Lipinski definition) is 3. The van der Waals surface area contributed by atoms with E-state index in [2.05, 4.69) is 10.6 Å². The fourth-order valence-corrected chi connectivity index (χ4v) is 0.506. The molecule has 0 unspecified atom stereocenters. The Morgan fingerprint density at radius 2 is 2.18 bits per heavy atom. The van der Waals surface area contributed by atoms with Gasteiger partial charge in [0, 0.05) is 6.54 Å². The highest BCUT2D eigenvalue weighted by atomic mass is 16.3. The van der Waals surface area contributed by atoms with E-state index < -0.39 is 5.66 Å². The predicted molar refractivity (Wildman–Crippen MR) is 41.9 cm³/mol. The lowest BCUT2D eigenvalue weighted by molar-refractivity contribution is 0.224. The molecule has 5 heteroatoms. The Labute approximate surface area is 66.0 Å². The first-order valence-corrected chi connectivity index (χ1v) is 3.41. The van der Waals surface area contributed by atoms with Gasteiger partial charge in [-0.25, -0.2) is 4.79 Å². The maximum Gasteiger partial charge on any atom is 0.316 e. The van der Waals surface area contributed by atoms with Gasteiger partial charge >= 0.3 is 6.03 Å². The van der Waals surface area contributed by atoms with Gasteiger partial charge < -0.3 is 21.5 Å². The first-order chi connectivity index (χ1) is 4.95. The number of hydrogen-bond donors (Lipinski definition) is 4. The summed E-state index contributed by atoms with van der Waals surface area (Å²) >= 11 is 0. The van der Waals surface area contributed by atoms with Crippen LogP contribution < -0.4 is 16.4 Å². The minimum atomic E-state index is -0.723. The molecule has 0 aliphatic carbocycles. The van der Waals surface area contributed by atoms with Crippen LogP contribution in [0, 0.1) is 0 Å². The summed E-state index contributed by atoms with van der Waals surface area (Å²) < 4.78 is 0. The Balaban J connectivity index is 3.53. The van der Waals surface area contributed by atoms with Crippen molar-refractivity contribution < 1.29 is 9.90 Å². The van der Waals surface area contributed by atoms with Crippen LogP contribution in [0.25, 0.3) is 0 Å². The van der Waals surface area contributed by atoms with Gasteiger partial charge in [-0.15, -0.1) is 0 Å². The minimum Gasteiger partial charge on any atom is -0.395 e. The Morgan fingerprint density at radius 3 is 2.55 bits per heavy atom. The molecule has 0 aliphatic heterocycles. The number of aliphatic hydroxyl groups is 1. The van der Waals surface area contributed by atoms with Crippen LogP contribution in [0.5, 0.6) is 0 Å². The second-order valence-corrected chi connectivity index (χ2v) is 2.83. The van der Waals surface area contributed by atoms with E-state index in [4.69, 9.17) is 10.8 Å². The quantitative estimate of drug-likeness (QED) is 0.399. The van der Waals surface area contributed by atoms with Crippen molar-refractivity contribution in [2.75, 3.05) is 13.2 Å². The number of carbonyl (C=O) groups excluding carboxylic acids is 1. The Bertz CT molecular complexity index is 130. The molecule has 0 spiro atoms. The van der Waals surface area contributed by atoms with Gasteiger partial charge in [0.1, 0.15) is 0 Å². The molecule has 0 aromatic rings. The van der Waals surface area contributed by atoms with Crippen LogP contribution in [0.2, 0.25) is 0 Å². The van der Waals surface area contributed by atoms with Gasteiger partial charge in [0.2, 0.25) is 0 Å². The summed E-state index contributed by atoms with van der Waals surface area (Å²) in [6.45, 7) is 3.51. The van der Waals surface area contributed by atoms with Gasteiger partial charge in [-0.05, 0) is 13.8 Å². The molecule has 2 amide bonds. The van der Waals surface area contributed by atoms with Crippen molar-refractivity contribution in [2.24, 2.45) is 5.73 Å². The summed E-state index contributed by atoms with van der Waals surface area (Å²) in [6, 6.07) is -0.369. The van der Waals surface area contributed by atoms with E-state index in [1.807, 2.05) is 0 Å². The third kappa shape index (κ3) is 7.08. The summed E-state index contributed by atoms with van der Waals surface area (Å²) in [6.07, 6.45) is 0. The molecule has 5 nitrogen and oxygen atoms in total. The molecular weight excluding hydrogens is 146 g/mol. The zero-order chi connectivity index (χ0) is 8.91. The van der Waals surface area contributed by atoms with E-state index in [1.165, 1.54) is 0 Å². The molecule has 0 rings (SSSR count). The molecule has 66 valence electrons.